The number of hydrogen-bond acceptors (Lipinski definition) is 1. The maximum absolute atomic E-state index is 2.32. The molecule has 0 radical (unpaired) electrons. The Morgan fingerprint density at radius 2 is 1.59 bits per heavy atom. The molecule has 0 atom stereocenters. The van der Waals surface area contributed by atoms with Gasteiger partial charge in [0.25, 0.3) is 0 Å². The molecule has 1 aromatic carbocycles. The zero-order valence-corrected chi connectivity index (χ0v) is 12.3. The number of rotatable bonds is 2. The van der Waals surface area contributed by atoms with E-state index < -0.39 is 0 Å². The molecule has 1 heteroatoms. The van der Waals surface area contributed by atoms with Crippen LogP contribution < -0.4 is 4.90 Å². The summed E-state index contributed by atoms with van der Waals surface area (Å²) in [5, 5.41) is 0. The van der Waals surface area contributed by atoms with Gasteiger partial charge in [-0.25, -0.2) is 0 Å². The van der Waals surface area contributed by atoms with Gasteiger partial charge in [-0.05, 0) is 31.9 Å². The second-order valence-corrected chi connectivity index (χ2v) is 5.72. The lowest BCUT2D eigenvalue weighted by atomic mass is 9.90. The van der Waals surface area contributed by atoms with Crippen LogP contribution in [0.5, 0.6) is 0 Å². The van der Waals surface area contributed by atoms with E-state index in [4.69, 9.17) is 0 Å². The molecule has 17 heavy (non-hydrogen) atoms. The summed E-state index contributed by atoms with van der Waals surface area (Å²) in [6, 6.07) is 6.47. The van der Waals surface area contributed by atoms with E-state index in [0.717, 1.165) is 0 Å². The number of anilines is 1. The summed E-state index contributed by atoms with van der Waals surface area (Å²) < 4.78 is 0. The molecular formula is C16H25N. The van der Waals surface area contributed by atoms with Crippen LogP contribution in [-0.4, -0.2) is 7.05 Å². The number of nitrogens with zero attached hydrogens (tertiary/aromatic N) is 1. The lowest BCUT2D eigenvalue weighted by Crippen LogP contribution is -2.27. The molecule has 1 rings (SSSR count). The van der Waals surface area contributed by atoms with Gasteiger partial charge in [-0.3, -0.25) is 0 Å². The summed E-state index contributed by atoms with van der Waals surface area (Å²) in [6.07, 6.45) is 2.21. The molecule has 0 N–H and O–H groups in total. The zero-order valence-electron chi connectivity index (χ0n) is 12.3. The maximum atomic E-state index is 2.32. The molecule has 0 amide bonds. The fourth-order valence-corrected chi connectivity index (χ4v) is 2.58. The van der Waals surface area contributed by atoms with E-state index in [2.05, 4.69) is 77.8 Å². The van der Waals surface area contributed by atoms with Gasteiger partial charge in [0.15, 0.2) is 0 Å². The van der Waals surface area contributed by atoms with E-state index in [-0.39, 0.29) is 5.41 Å². The van der Waals surface area contributed by atoms with Crippen molar-refractivity contribution in [3.63, 3.8) is 0 Å². The van der Waals surface area contributed by atoms with Gasteiger partial charge in [0, 0.05) is 23.8 Å². The molecule has 0 heterocycles. The van der Waals surface area contributed by atoms with E-state index >= 15 is 0 Å². The van der Waals surface area contributed by atoms with Crippen molar-refractivity contribution in [2.45, 2.75) is 41.5 Å². The highest BCUT2D eigenvalue weighted by atomic mass is 15.1. The Morgan fingerprint density at radius 3 is 1.94 bits per heavy atom. The second kappa shape index (κ2) is 4.95. The van der Waals surface area contributed by atoms with Gasteiger partial charge in [-0.2, -0.15) is 0 Å². The first kappa shape index (κ1) is 13.8. The molecule has 1 nitrogen and oxygen atoms in total. The summed E-state index contributed by atoms with van der Waals surface area (Å²) >= 11 is 0. The number of allylic oxidation sites excluding steroid dienone is 2. The summed E-state index contributed by atoms with van der Waals surface area (Å²) in [4.78, 5) is 2.32. The highest BCUT2D eigenvalue weighted by Gasteiger charge is 2.22. The van der Waals surface area contributed by atoms with E-state index in [9.17, 15) is 0 Å². The van der Waals surface area contributed by atoms with Crippen molar-refractivity contribution in [3.05, 3.63) is 41.1 Å². The quantitative estimate of drug-likeness (QED) is 0.713. The summed E-state index contributed by atoms with van der Waals surface area (Å²) in [5.41, 5.74) is 5.51. The van der Waals surface area contributed by atoms with Gasteiger partial charge in [0.1, 0.15) is 0 Å². The standard InChI is InChI=1S/C16H25N/c1-8-14(16(4,5)6)17(7)15-12(2)10-9-11-13(15)3/h8-11H,1-7H3/b14-8-. The predicted octanol–water partition coefficient (Wildman–Crippen LogP) is 4.69. The first-order valence-corrected chi connectivity index (χ1v) is 6.25. The molecule has 94 valence electrons. The Morgan fingerprint density at radius 1 is 1.12 bits per heavy atom. The van der Waals surface area contributed by atoms with Crippen molar-refractivity contribution in [3.8, 4) is 0 Å². The van der Waals surface area contributed by atoms with Crippen molar-refractivity contribution in [1.29, 1.82) is 0 Å². The highest BCUT2D eigenvalue weighted by Crippen LogP contribution is 2.34. The number of aryl methyl sites for hydroxylation is 2. The lowest BCUT2D eigenvalue weighted by molar-refractivity contribution is 0.489. The van der Waals surface area contributed by atoms with E-state index in [1.54, 1.807) is 0 Å². The van der Waals surface area contributed by atoms with Crippen LogP contribution in [-0.2, 0) is 0 Å². The van der Waals surface area contributed by atoms with Crippen LogP contribution in [0.3, 0.4) is 0 Å². The van der Waals surface area contributed by atoms with E-state index in [0.29, 0.717) is 0 Å². The third-order valence-corrected chi connectivity index (χ3v) is 3.18. The molecule has 1 aromatic rings. The molecular weight excluding hydrogens is 206 g/mol. The smallest absolute Gasteiger partial charge is 0.0465 e. The fraction of sp³-hybridized carbons (Fsp3) is 0.500. The van der Waals surface area contributed by atoms with Crippen LogP contribution in [0.15, 0.2) is 30.0 Å². The molecule has 0 unspecified atom stereocenters. The van der Waals surface area contributed by atoms with Gasteiger partial charge in [0.2, 0.25) is 0 Å². The Bertz CT molecular complexity index is 401. The van der Waals surface area contributed by atoms with E-state index in [1.807, 2.05) is 0 Å². The van der Waals surface area contributed by atoms with Gasteiger partial charge >= 0.3 is 0 Å². The largest absolute Gasteiger partial charge is 0.348 e. The average molecular weight is 231 g/mol. The Labute approximate surface area is 106 Å². The van der Waals surface area contributed by atoms with Gasteiger partial charge in [0.05, 0.1) is 0 Å². The summed E-state index contributed by atoms with van der Waals surface area (Å²) in [5.74, 6) is 0. The van der Waals surface area contributed by atoms with Crippen molar-refractivity contribution in [2.24, 2.45) is 5.41 Å². The zero-order chi connectivity index (χ0) is 13.2. The predicted molar refractivity (Wildman–Crippen MR) is 77.5 cm³/mol. The highest BCUT2D eigenvalue weighted by molar-refractivity contribution is 5.62. The maximum Gasteiger partial charge on any atom is 0.0465 e. The molecule has 0 spiro atoms. The number of para-hydroxylation sites is 1. The monoisotopic (exact) mass is 231 g/mol. The lowest BCUT2D eigenvalue weighted by Gasteiger charge is -2.34. The van der Waals surface area contributed by atoms with Crippen LogP contribution in [0.25, 0.3) is 0 Å². The average Bonchev–Trinajstić information content (AvgIpc) is 2.15. The van der Waals surface area contributed by atoms with Crippen molar-refractivity contribution < 1.29 is 0 Å². The number of benzene rings is 1. The molecule has 0 aromatic heterocycles. The third-order valence-electron chi connectivity index (χ3n) is 3.18. The molecule has 0 bridgehead atoms. The normalized spacial score (nSPS) is 12.8. The van der Waals surface area contributed by atoms with Crippen LogP contribution in [0.2, 0.25) is 0 Å². The van der Waals surface area contributed by atoms with Crippen LogP contribution in [0.4, 0.5) is 5.69 Å². The second-order valence-electron chi connectivity index (χ2n) is 5.72. The van der Waals surface area contributed by atoms with Gasteiger partial charge < -0.3 is 4.90 Å². The third kappa shape index (κ3) is 2.91. The van der Waals surface area contributed by atoms with Gasteiger partial charge in [-0.1, -0.05) is 45.0 Å². The number of hydrogen-bond donors (Lipinski definition) is 0. The molecule has 0 aliphatic carbocycles. The topological polar surface area (TPSA) is 3.24 Å². The van der Waals surface area contributed by atoms with E-state index in [1.165, 1.54) is 22.5 Å². The Kier molecular flexibility index (Phi) is 4.03. The Balaban J connectivity index is 3.25. The SMILES string of the molecule is C/C=C(\N(C)c1c(C)cccc1C)C(C)(C)C. The summed E-state index contributed by atoms with van der Waals surface area (Å²) in [6.45, 7) is 13.2. The van der Waals surface area contributed by atoms with Crippen molar-refractivity contribution in [1.82, 2.24) is 0 Å². The van der Waals surface area contributed by atoms with Crippen molar-refractivity contribution >= 4 is 5.69 Å². The Hall–Kier alpha value is -1.24. The molecule has 0 saturated heterocycles. The van der Waals surface area contributed by atoms with Crippen LogP contribution in [0.1, 0.15) is 38.8 Å². The first-order chi connectivity index (χ1) is 7.79. The van der Waals surface area contributed by atoms with Gasteiger partial charge in [-0.15, -0.1) is 0 Å². The molecule has 0 aliphatic heterocycles. The minimum Gasteiger partial charge on any atom is -0.348 e. The first-order valence-electron chi connectivity index (χ1n) is 6.25. The molecule has 0 fully saturated rings. The van der Waals surface area contributed by atoms with Crippen LogP contribution in [0, 0.1) is 19.3 Å². The molecule has 0 saturated carbocycles. The van der Waals surface area contributed by atoms with Crippen LogP contribution >= 0.6 is 0 Å². The minimum atomic E-state index is 0.165. The molecule has 0 aliphatic rings. The fourth-order valence-electron chi connectivity index (χ4n) is 2.58. The summed E-state index contributed by atoms with van der Waals surface area (Å²) in [7, 11) is 2.16. The van der Waals surface area contributed by atoms with Crippen molar-refractivity contribution in [2.75, 3.05) is 11.9 Å². The minimum absolute atomic E-state index is 0.165.